The first-order chi connectivity index (χ1) is 9.41. The van der Waals surface area contributed by atoms with Crippen LogP contribution in [-0.2, 0) is 6.18 Å². The molecule has 0 unspecified atom stereocenters. The van der Waals surface area contributed by atoms with Crippen LogP contribution in [0.5, 0.6) is 0 Å². The zero-order valence-electron chi connectivity index (χ0n) is 10.1. The van der Waals surface area contributed by atoms with Crippen molar-refractivity contribution in [3.63, 3.8) is 0 Å². The average molecular weight is 284 g/mol. The molecule has 9 heteroatoms. The highest BCUT2D eigenvalue weighted by atomic mass is 19.4. The predicted octanol–water partition coefficient (Wildman–Crippen LogP) is 2.11. The molecule has 0 spiro atoms. The summed E-state index contributed by atoms with van der Waals surface area (Å²) in [6.45, 7) is 0. The molecule has 2 aromatic rings. The Bertz CT molecular complexity index is 613. The zero-order chi connectivity index (χ0) is 14.8. The van der Waals surface area contributed by atoms with Crippen molar-refractivity contribution in [1.82, 2.24) is 9.97 Å². The highest BCUT2D eigenvalue weighted by molar-refractivity contribution is 5.77. The summed E-state index contributed by atoms with van der Waals surface area (Å²) >= 11 is 0. The van der Waals surface area contributed by atoms with E-state index < -0.39 is 11.7 Å². The molecule has 0 amide bonds. The lowest BCUT2D eigenvalue weighted by molar-refractivity contribution is -0.137. The van der Waals surface area contributed by atoms with Crippen LogP contribution >= 0.6 is 0 Å². The van der Waals surface area contributed by atoms with E-state index in [1.165, 1.54) is 18.5 Å². The van der Waals surface area contributed by atoms with E-state index in [1.807, 2.05) is 0 Å². The van der Waals surface area contributed by atoms with Crippen LogP contribution in [0.4, 0.5) is 36.2 Å². The summed E-state index contributed by atoms with van der Waals surface area (Å²) in [5.41, 5.74) is 7.51. The second-order valence-electron chi connectivity index (χ2n) is 3.83. The van der Waals surface area contributed by atoms with Crippen molar-refractivity contribution in [3.8, 4) is 0 Å². The quantitative estimate of drug-likeness (QED) is 0.508. The number of nitrogens with two attached hydrogens (primary N) is 2. The van der Waals surface area contributed by atoms with Gasteiger partial charge in [0.1, 0.15) is 12.0 Å². The molecule has 0 aliphatic carbocycles. The third kappa shape index (κ3) is 2.88. The SMILES string of the molecule is NNc1ncnc(Nc2cccc(C(F)(F)F)c2)c1N. The maximum Gasteiger partial charge on any atom is 0.416 e. The van der Waals surface area contributed by atoms with Gasteiger partial charge in [0.2, 0.25) is 0 Å². The molecule has 0 radical (unpaired) electrons. The number of nitrogen functional groups attached to an aromatic ring is 2. The van der Waals surface area contributed by atoms with Crippen molar-refractivity contribution in [2.24, 2.45) is 5.84 Å². The highest BCUT2D eigenvalue weighted by Gasteiger charge is 2.30. The molecular formula is C11H11F3N6. The van der Waals surface area contributed by atoms with Gasteiger partial charge in [0.15, 0.2) is 11.6 Å². The van der Waals surface area contributed by atoms with E-state index in [1.54, 1.807) is 0 Å². The molecule has 1 aromatic heterocycles. The van der Waals surface area contributed by atoms with E-state index in [0.717, 1.165) is 12.1 Å². The van der Waals surface area contributed by atoms with E-state index in [4.69, 9.17) is 11.6 Å². The molecule has 6 nitrogen and oxygen atoms in total. The Morgan fingerprint density at radius 2 is 1.80 bits per heavy atom. The van der Waals surface area contributed by atoms with Gasteiger partial charge in [0, 0.05) is 5.69 Å². The van der Waals surface area contributed by atoms with E-state index in [9.17, 15) is 13.2 Å². The fraction of sp³-hybridized carbons (Fsp3) is 0.0909. The standard InChI is InChI=1S/C11H11F3N6/c12-11(13,14)6-2-1-3-7(4-6)19-9-8(15)10(20-16)18-5-17-9/h1-5H,15-16H2,(H2,17,18,19,20). The maximum atomic E-state index is 12.6. The van der Waals surface area contributed by atoms with Gasteiger partial charge in [-0.2, -0.15) is 13.2 Å². The predicted molar refractivity (Wildman–Crippen MR) is 69.0 cm³/mol. The third-order valence-electron chi connectivity index (χ3n) is 2.47. The number of nitrogens with zero attached hydrogens (tertiary/aromatic N) is 2. The zero-order valence-corrected chi connectivity index (χ0v) is 10.1. The van der Waals surface area contributed by atoms with E-state index >= 15 is 0 Å². The summed E-state index contributed by atoms with van der Waals surface area (Å²) in [7, 11) is 0. The summed E-state index contributed by atoms with van der Waals surface area (Å²) in [5.74, 6) is 5.53. The summed E-state index contributed by atoms with van der Waals surface area (Å²) in [4.78, 5) is 7.61. The number of rotatable bonds is 3. The van der Waals surface area contributed by atoms with Gasteiger partial charge in [-0.1, -0.05) is 6.07 Å². The molecule has 0 aliphatic heterocycles. The maximum absolute atomic E-state index is 12.6. The molecule has 6 N–H and O–H groups in total. The molecule has 106 valence electrons. The van der Waals surface area contributed by atoms with Crippen molar-refractivity contribution in [1.29, 1.82) is 0 Å². The molecule has 0 fully saturated rings. The van der Waals surface area contributed by atoms with Crippen LogP contribution < -0.4 is 22.3 Å². The fourth-order valence-electron chi connectivity index (χ4n) is 1.52. The van der Waals surface area contributed by atoms with E-state index in [-0.39, 0.29) is 23.0 Å². The topological polar surface area (TPSA) is 102 Å². The lowest BCUT2D eigenvalue weighted by Crippen LogP contribution is -2.13. The number of alkyl halides is 3. The smallest absolute Gasteiger partial charge is 0.393 e. The average Bonchev–Trinajstić information content (AvgIpc) is 2.40. The van der Waals surface area contributed by atoms with Gasteiger partial charge >= 0.3 is 6.18 Å². The van der Waals surface area contributed by atoms with Crippen LogP contribution in [0.15, 0.2) is 30.6 Å². The molecule has 2 rings (SSSR count). The number of hydrogen-bond donors (Lipinski definition) is 4. The summed E-state index contributed by atoms with van der Waals surface area (Å²) in [5, 5.41) is 2.69. The largest absolute Gasteiger partial charge is 0.416 e. The molecule has 1 heterocycles. The molecule has 1 aromatic carbocycles. The van der Waals surface area contributed by atoms with Crippen LogP contribution in [0.25, 0.3) is 0 Å². The molecule has 0 saturated carbocycles. The number of halogens is 3. The first kappa shape index (κ1) is 13.9. The van der Waals surface area contributed by atoms with Gasteiger partial charge in [-0.05, 0) is 18.2 Å². The van der Waals surface area contributed by atoms with E-state index in [0.29, 0.717) is 0 Å². The fourth-order valence-corrected chi connectivity index (χ4v) is 1.52. The Morgan fingerprint density at radius 3 is 2.45 bits per heavy atom. The first-order valence-corrected chi connectivity index (χ1v) is 5.43. The number of aromatic nitrogens is 2. The van der Waals surface area contributed by atoms with Gasteiger partial charge in [-0.3, -0.25) is 0 Å². The second kappa shape index (κ2) is 5.21. The number of hydrazine groups is 1. The summed E-state index contributed by atoms with van der Waals surface area (Å²) < 4.78 is 37.8. The van der Waals surface area contributed by atoms with Crippen LogP contribution in [0.2, 0.25) is 0 Å². The van der Waals surface area contributed by atoms with Crippen LogP contribution in [-0.4, -0.2) is 9.97 Å². The molecule has 0 bridgehead atoms. The monoisotopic (exact) mass is 284 g/mol. The molecule has 0 aliphatic rings. The Morgan fingerprint density at radius 1 is 1.10 bits per heavy atom. The van der Waals surface area contributed by atoms with Crippen molar-refractivity contribution in [2.45, 2.75) is 6.18 Å². The van der Waals surface area contributed by atoms with Gasteiger partial charge in [0.25, 0.3) is 0 Å². The van der Waals surface area contributed by atoms with Gasteiger partial charge in [-0.15, -0.1) is 0 Å². The second-order valence-corrected chi connectivity index (χ2v) is 3.83. The van der Waals surface area contributed by atoms with E-state index in [2.05, 4.69) is 20.7 Å². The Labute approximate surface area is 112 Å². The Hall–Kier alpha value is -2.55. The number of nitrogens with one attached hydrogen (secondary N) is 2. The minimum absolute atomic E-state index is 0.104. The lowest BCUT2D eigenvalue weighted by atomic mass is 10.2. The first-order valence-electron chi connectivity index (χ1n) is 5.43. The van der Waals surface area contributed by atoms with Crippen molar-refractivity contribution >= 4 is 23.0 Å². The number of benzene rings is 1. The molecule has 20 heavy (non-hydrogen) atoms. The number of anilines is 4. The van der Waals surface area contributed by atoms with Gasteiger partial charge in [0.05, 0.1) is 5.56 Å². The minimum Gasteiger partial charge on any atom is -0.393 e. The normalized spacial score (nSPS) is 11.2. The van der Waals surface area contributed by atoms with Crippen LogP contribution in [0.1, 0.15) is 5.56 Å². The minimum atomic E-state index is -4.42. The van der Waals surface area contributed by atoms with Crippen LogP contribution in [0, 0.1) is 0 Å². The Balaban J connectivity index is 2.31. The Kier molecular flexibility index (Phi) is 3.61. The summed E-state index contributed by atoms with van der Waals surface area (Å²) in [6, 6.07) is 4.68. The van der Waals surface area contributed by atoms with Gasteiger partial charge in [-0.25, -0.2) is 15.8 Å². The summed E-state index contributed by atoms with van der Waals surface area (Å²) in [6.07, 6.45) is -3.24. The van der Waals surface area contributed by atoms with Crippen molar-refractivity contribution < 1.29 is 13.2 Å². The van der Waals surface area contributed by atoms with Crippen LogP contribution in [0.3, 0.4) is 0 Å². The van der Waals surface area contributed by atoms with Crippen molar-refractivity contribution in [3.05, 3.63) is 36.2 Å². The van der Waals surface area contributed by atoms with Crippen molar-refractivity contribution in [2.75, 3.05) is 16.5 Å². The molecule has 0 saturated heterocycles. The number of hydrogen-bond acceptors (Lipinski definition) is 6. The van der Waals surface area contributed by atoms with Gasteiger partial charge < -0.3 is 16.5 Å². The third-order valence-corrected chi connectivity index (χ3v) is 2.47. The lowest BCUT2D eigenvalue weighted by Gasteiger charge is -2.12. The molecular weight excluding hydrogens is 273 g/mol. The molecule has 0 atom stereocenters. The highest BCUT2D eigenvalue weighted by Crippen LogP contribution is 2.32.